The third-order valence-electron chi connectivity index (χ3n) is 6.47. The maximum Gasteiger partial charge on any atom is 0.321 e. The Hall–Kier alpha value is -1.93. The van der Waals surface area contributed by atoms with E-state index in [1.807, 2.05) is 6.07 Å². The molecule has 1 aromatic carbocycles. The largest absolute Gasteiger partial charge is 0.335 e. The van der Waals surface area contributed by atoms with Crippen molar-refractivity contribution < 1.29 is 12.9 Å². The fourth-order valence-electron chi connectivity index (χ4n) is 4.13. The highest BCUT2D eigenvalue weighted by Gasteiger charge is 2.50. The van der Waals surface area contributed by atoms with Crippen LogP contribution in [0.25, 0.3) is 0 Å². The molecule has 2 N–H and O–H groups in total. The van der Waals surface area contributed by atoms with Crippen LogP contribution >= 0.6 is 0 Å². The SMILES string of the molecule is CC(C)(C)S(=O)(=O)NC[C@H]1CC[C@H](Nc2nc(C3(c4ccccc4)CC3)no2)CC1. The van der Waals surface area contributed by atoms with Crippen molar-refractivity contribution in [2.45, 2.75) is 75.5 Å². The van der Waals surface area contributed by atoms with Crippen molar-refractivity contribution in [2.24, 2.45) is 5.92 Å². The predicted octanol–water partition coefficient (Wildman–Crippen LogP) is 3.84. The molecule has 2 aliphatic rings. The molecule has 164 valence electrons. The highest BCUT2D eigenvalue weighted by molar-refractivity contribution is 7.90. The van der Waals surface area contributed by atoms with Gasteiger partial charge in [-0.25, -0.2) is 13.1 Å². The molecule has 0 amide bonds. The first-order chi connectivity index (χ1) is 14.2. The molecule has 7 nitrogen and oxygen atoms in total. The average Bonchev–Trinajstić information content (AvgIpc) is 3.40. The monoisotopic (exact) mass is 432 g/mol. The first kappa shape index (κ1) is 21.3. The first-order valence-corrected chi connectivity index (χ1v) is 12.3. The number of anilines is 1. The van der Waals surface area contributed by atoms with Crippen LogP contribution in [0.5, 0.6) is 0 Å². The molecule has 1 heterocycles. The fourth-order valence-corrected chi connectivity index (χ4v) is 5.02. The van der Waals surface area contributed by atoms with Crippen LogP contribution in [0.4, 0.5) is 6.01 Å². The summed E-state index contributed by atoms with van der Waals surface area (Å²) in [6.07, 6.45) is 5.96. The van der Waals surface area contributed by atoms with Gasteiger partial charge in [-0.3, -0.25) is 0 Å². The highest BCUT2D eigenvalue weighted by atomic mass is 32.2. The van der Waals surface area contributed by atoms with E-state index in [9.17, 15) is 8.42 Å². The molecule has 2 saturated carbocycles. The van der Waals surface area contributed by atoms with Crippen molar-refractivity contribution in [3.05, 3.63) is 41.7 Å². The van der Waals surface area contributed by atoms with Crippen LogP contribution in [-0.2, 0) is 15.4 Å². The van der Waals surface area contributed by atoms with Crippen LogP contribution < -0.4 is 10.0 Å². The minimum absolute atomic E-state index is 0.0907. The summed E-state index contributed by atoms with van der Waals surface area (Å²) >= 11 is 0. The smallest absolute Gasteiger partial charge is 0.321 e. The van der Waals surface area contributed by atoms with Crippen LogP contribution in [0.3, 0.4) is 0 Å². The number of nitrogens with one attached hydrogen (secondary N) is 2. The quantitative estimate of drug-likeness (QED) is 0.690. The van der Waals surface area contributed by atoms with Gasteiger partial charge in [-0.15, -0.1) is 0 Å². The summed E-state index contributed by atoms with van der Waals surface area (Å²) in [5, 5.41) is 7.65. The van der Waals surface area contributed by atoms with Gasteiger partial charge in [0.2, 0.25) is 10.0 Å². The molecule has 2 aliphatic carbocycles. The number of hydrogen-bond acceptors (Lipinski definition) is 6. The summed E-state index contributed by atoms with van der Waals surface area (Å²) in [5.41, 5.74) is 1.16. The lowest BCUT2D eigenvalue weighted by molar-refractivity contribution is 0.329. The van der Waals surface area contributed by atoms with Crippen molar-refractivity contribution in [2.75, 3.05) is 11.9 Å². The van der Waals surface area contributed by atoms with Crippen LogP contribution in [0.2, 0.25) is 0 Å². The Bertz CT molecular complexity index is 954. The normalized spacial score (nSPS) is 23.8. The second-order valence-corrected chi connectivity index (χ2v) is 12.2. The number of sulfonamides is 1. The minimum Gasteiger partial charge on any atom is -0.335 e. The summed E-state index contributed by atoms with van der Waals surface area (Å²) in [5.74, 6) is 1.13. The van der Waals surface area contributed by atoms with Crippen LogP contribution in [0.15, 0.2) is 34.9 Å². The number of rotatable bonds is 7. The topological polar surface area (TPSA) is 97.1 Å². The van der Waals surface area contributed by atoms with Crippen LogP contribution in [0.1, 0.15) is 70.7 Å². The van der Waals surface area contributed by atoms with Gasteiger partial charge in [0.05, 0.1) is 10.2 Å². The Morgan fingerprint density at radius 2 is 1.77 bits per heavy atom. The molecule has 0 atom stereocenters. The maximum absolute atomic E-state index is 12.2. The van der Waals surface area contributed by atoms with E-state index in [0.717, 1.165) is 44.3 Å². The summed E-state index contributed by atoms with van der Waals surface area (Å²) in [7, 11) is -3.29. The lowest BCUT2D eigenvalue weighted by Crippen LogP contribution is -2.42. The molecule has 1 aromatic heterocycles. The van der Waals surface area contributed by atoms with Gasteiger partial charge < -0.3 is 9.84 Å². The third-order valence-corrected chi connectivity index (χ3v) is 8.63. The van der Waals surface area contributed by atoms with Crippen molar-refractivity contribution in [3.63, 3.8) is 0 Å². The van der Waals surface area contributed by atoms with Gasteiger partial charge in [0.15, 0.2) is 5.82 Å². The number of aromatic nitrogens is 2. The van der Waals surface area contributed by atoms with Crippen molar-refractivity contribution >= 4 is 16.0 Å². The van der Waals surface area contributed by atoms with Gasteiger partial charge in [-0.2, -0.15) is 4.98 Å². The van der Waals surface area contributed by atoms with E-state index in [1.165, 1.54) is 5.56 Å². The maximum atomic E-state index is 12.2. The summed E-state index contributed by atoms with van der Waals surface area (Å²) in [6, 6.07) is 11.2. The zero-order valence-electron chi connectivity index (χ0n) is 18.0. The zero-order valence-corrected chi connectivity index (χ0v) is 18.8. The molecule has 30 heavy (non-hydrogen) atoms. The lowest BCUT2D eigenvalue weighted by Gasteiger charge is -2.29. The van der Waals surface area contributed by atoms with Crippen molar-refractivity contribution in [3.8, 4) is 0 Å². The fraction of sp³-hybridized carbons (Fsp3) is 0.636. The second-order valence-electron chi connectivity index (χ2n) is 9.70. The van der Waals surface area contributed by atoms with Crippen molar-refractivity contribution in [1.29, 1.82) is 0 Å². The lowest BCUT2D eigenvalue weighted by atomic mass is 9.86. The van der Waals surface area contributed by atoms with Gasteiger partial charge in [-0.05, 0) is 70.8 Å². The molecule has 0 spiro atoms. The van der Waals surface area contributed by atoms with E-state index in [1.54, 1.807) is 20.8 Å². The number of benzene rings is 1. The third kappa shape index (κ3) is 4.39. The molecular formula is C22H32N4O3S. The second kappa shape index (κ2) is 7.96. The van der Waals surface area contributed by atoms with Gasteiger partial charge in [0.1, 0.15) is 0 Å². The molecular weight excluding hydrogens is 400 g/mol. The van der Waals surface area contributed by atoms with Gasteiger partial charge in [-0.1, -0.05) is 35.5 Å². The molecule has 2 aromatic rings. The predicted molar refractivity (Wildman–Crippen MR) is 117 cm³/mol. The summed E-state index contributed by atoms with van der Waals surface area (Å²) < 4.78 is 32.0. The van der Waals surface area contributed by atoms with E-state index in [0.29, 0.717) is 18.5 Å². The Labute approximate surface area is 179 Å². The summed E-state index contributed by atoms with van der Waals surface area (Å²) in [6.45, 7) is 5.67. The standard InChI is InChI=1S/C22H32N4O3S/c1-21(2,3)30(27,28)23-15-16-9-11-18(12-10-16)24-20-25-19(26-29-20)22(13-14-22)17-7-5-4-6-8-17/h4-8,16,18,23H,9-15H2,1-3H3,(H,24,25,26)/t16-,18-. The molecule has 8 heteroatoms. The Morgan fingerprint density at radius 1 is 1.10 bits per heavy atom. The van der Waals surface area contributed by atoms with E-state index in [4.69, 9.17) is 4.52 Å². The van der Waals surface area contributed by atoms with Crippen LogP contribution in [0, 0.1) is 5.92 Å². The molecule has 0 unspecified atom stereocenters. The number of nitrogens with zero attached hydrogens (tertiary/aromatic N) is 2. The first-order valence-electron chi connectivity index (χ1n) is 10.9. The van der Waals surface area contributed by atoms with E-state index in [-0.39, 0.29) is 11.5 Å². The molecule has 0 aliphatic heterocycles. The van der Waals surface area contributed by atoms with Crippen LogP contribution in [-0.4, -0.2) is 35.9 Å². The van der Waals surface area contributed by atoms with Gasteiger partial charge >= 0.3 is 6.01 Å². The van der Waals surface area contributed by atoms with Gasteiger partial charge in [0.25, 0.3) is 0 Å². The highest BCUT2D eigenvalue weighted by Crippen LogP contribution is 2.52. The van der Waals surface area contributed by atoms with Crippen molar-refractivity contribution in [1.82, 2.24) is 14.9 Å². The Kier molecular flexibility index (Phi) is 5.66. The van der Waals surface area contributed by atoms with E-state index < -0.39 is 14.8 Å². The molecule has 0 radical (unpaired) electrons. The Balaban J connectivity index is 1.29. The average molecular weight is 433 g/mol. The van der Waals surface area contributed by atoms with E-state index >= 15 is 0 Å². The zero-order chi connectivity index (χ0) is 21.4. The van der Waals surface area contributed by atoms with Gasteiger partial charge in [0, 0.05) is 12.6 Å². The molecule has 4 rings (SSSR count). The van der Waals surface area contributed by atoms with E-state index in [2.05, 4.69) is 44.4 Å². The molecule has 2 fully saturated rings. The molecule has 0 bridgehead atoms. The summed E-state index contributed by atoms with van der Waals surface area (Å²) in [4.78, 5) is 4.65. The molecule has 0 saturated heterocycles. The Morgan fingerprint density at radius 3 is 2.37 bits per heavy atom. The number of hydrogen-bond donors (Lipinski definition) is 2. The minimum atomic E-state index is -3.29.